The predicted octanol–water partition coefficient (Wildman–Crippen LogP) is 14.6. The van der Waals surface area contributed by atoms with E-state index in [0.29, 0.717) is 0 Å². The zero-order valence-corrected chi connectivity index (χ0v) is 31.8. The number of hydrogen-bond acceptors (Lipinski definition) is 4. The van der Waals surface area contributed by atoms with Crippen molar-refractivity contribution in [1.82, 2.24) is 9.55 Å². The standard InChI is InChI=1S/C53H39N5/c1-5-16-40(17-6-1)55(41-18-7-2-8-19-41)47-24-15-25-48(38-47)56(42-20-9-3-10-21-42)44-28-30-45(31-29-44)57(43-22-11-4-12-23-43)49-32-33-53-51(39-49)50-26-13-14-27-52(50)58(53)46-34-36-54-37-35-46/h1-39H. The Labute approximate surface area is 338 Å². The SMILES string of the molecule is c1ccc(N(c2ccccc2)c2cccc(N(c3ccccc3)c3ccc(N(c4ccccc4)c4ccc5c(c4)c4ccccc4n5-c4ccncc4)cc3)c2)cc1. The molecule has 2 aromatic heterocycles. The Bertz CT molecular complexity index is 2890. The van der Waals surface area contributed by atoms with E-state index in [1.807, 2.05) is 12.4 Å². The lowest BCUT2D eigenvalue weighted by atomic mass is 10.1. The average Bonchev–Trinajstić information content (AvgIpc) is 3.63. The maximum atomic E-state index is 4.28. The molecule has 0 bridgehead atoms. The molecule has 276 valence electrons. The molecule has 5 nitrogen and oxygen atoms in total. The van der Waals surface area contributed by atoms with Crippen molar-refractivity contribution < 1.29 is 0 Å². The van der Waals surface area contributed by atoms with E-state index >= 15 is 0 Å². The quantitative estimate of drug-likeness (QED) is 0.139. The van der Waals surface area contributed by atoms with Crippen LogP contribution >= 0.6 is 0 Å². The van der Waals surface area contributed by atoms with Gasteiger partial charge in [0.1, 0.15) is 0 Å². The number of rotatable bonds is 10. The fourth-order valence-electron chi connectivity index (χ4n) is 8.04. The topological polar surface area (TPSA) is 27.5 Å². The first kappa shape index (κ1) is 34.6. The van der Waals surface area contributed by atoms with E-state index in [1.54, 1.807) is 0 Å². The summed E-state index contributed by atoms with van der Waals surface area (Å²) in [5.41, 5.74) is 13.1. The lowest BCUT2D eigenvalue weighted by Gasteiger charge is -2.30. The number of pyridine rings is 1. The van der Waals surface area contributed by atoms with Crippen LogP contribution in [0.3, 0.4) is 0 Å². The molecule has 58 heavy (non-hydrogen) atoms. The highest BCUT2D eigenvalue weighted by Crippen LogP contribution is 2.43. The summed E-state index contributed by atoms with van der Waals surface area (Å²) in [5, 5.41) is 2.40. The molecular formula is C53H39N5. The van der Waals surface area contributed by atoms with Gasteiger partial charge in [-0.05, 0) is 127 Å². The van der Waals surface area contributed by atoms with E-state index in [-0.39, 0.29) is 0 Å². The average molecular weight is 746 g/mol. The number of para-hydroxylation sites is 5. The van der Waals surface area contributed by atoms with Gasteiger partial charge < -0.3 is 19.3 Å². The van der Waals surface area contributed by atoms with Crippen LogP contribution in [0.1, 0.15) is 0 Å². The Hall–Kier alpha value is -7.89. The number of anilines is 9. The fourth-order valence-corrected chi connectivity index (χ4v) is 8.04. The van der Waals surface area contributed by atoms with Crippen molar-refractivity contribution in [2.75, 3.05) is 14.7 Å². The first-order chi connectivity index (χ1) is 28.8. The minimum absolute atomic E-state index is 1.06. The van der Waals surface area contributed by atoms with Crippen LogP contribution in [0.4, 0.5) is 51.2 Å². The van der Waals surface area contributed by atoms with Crippen LogP contribution in [0.5, 0.6) is 0 Å². The molecule has 2 heterocycles. The Morgan fingerprint density at radius 3 is 1.12 bits per heavy atom. The lowest BCUT2D eigenvalue weighted by Crippen LogP contribution is -2.13. The molecule has 0 saturated carbocycles. The molecule has 0 N–H and O–H groups in total. The van der Waals surface area contributed by atoms with Crippen LogP contribution in [0, 0.1) is 0 Å². The van der Waals surface area contributed by atoms with Gasteiger partial charge in [0.15, 0.2) is 0 Å². The number of aromatic nitrogens is 2. The number of benzene rings is 8. The Morgan fingerprint density at radius 2 is 0.638 bits per heavy atom. The van der Waals surface area contributed by atoms with E-state index in [2.05, 4.69) is 249 Å². The maximum absolute atomic E-state index is 4.28. The monoisotopic (exact) mass is 745 g/mol. The zero-order valence-electron chi connectivity index (χ0n) is 31.8. The molecule has 8 aromatic carbocycles. The minimum atomic E-state index is 1.06. The van der Waals surface area contributed by atoms with Gasteiger partial charge in [0.05, 0.1) is 11.0 Å². The van der Waals surface area contributed by atoms with Crippen LogP contribution in [0.15, 0.2) is 237 Å². The van der Waals surface area contributed by atoms with Crippen LogP contribution in [-0.4, -0.2) is 9.55 Å². The van der Waals surface area contributed by atoms with Crippen LogP contribution in [-0.2, 0) is 0 Å². The van der Waals surface area contributed by atoms with Gasteiger partial charge in [-0.15, -0.1) is 0 Å². The third-order valence-electron chi connectivity index (χ3n) is 10.6. The van der Waals surface area contributed by atoms with Gasteiger partial charge in [-0.25, -0.2) is 0 Å². The van der Waals surface area contributed by atoms with Gasteiger partial charge in [-0.2, -0.15) is 0 Å². The summed E-state index contributed by atoms with van der Waals surface area (Å²) in [6, 6.07) is 79.6. The summed E-state index contributed by atoms with van der Waals surface area (Å²) in [6.45, 7) is 0. The van der Waals surface area contributed by atoms with Crippen molar-refractivity contribution in [3.63, 3.8) is 0 Å². The van der Waals surface area contributed by atoms with Gasteiger partial charge in [0.25, 0.3) is 0 Å². The normalized spacial score (nSPS) is 11.1. The van der Waals surface area contributed by atoms with Crippen molar-refractivity contribution in [1.29, 1.82) is 0 Å². The second-order valence-corrected chi connectivity index (χ2v) is 14.1. The molecular weight excluding hydrogens is 707 g/mol. The van der Waals surface area contributed by atoms with Crippen LogP contribution in [0.25, 0.3) is 27.5 Å². The molecule has 0 unspecified atom stereocenters. The van der Waals surface area contributed by atoms with Gasteiger partial charge in [-0.3, -0.25) is 4.98 Å². The second kappa shape index (κ2) is 15.3. The van der Waals surface area contributed by atoms with E-state index in [9.17, 15) is 0 Å². The highest BCUT2D eigenvalue weighted by molar-refractivity contribution is 6.10. The largest absolute Gasteiger partial charge is 0.310 e. The van der Waals surface area contributed by atoms with Crippen molar-refractivity contribution in [3.8, 4) is 5.69 Å². The summed E-state index contributed by atoms with van der Waals surface area (Å²) in [6.07, 6.45) is 3.70. The van der Waals surface area contributed by atoms with Gasteiger partial charge in [0.2, 0.25) is 0 Å². The molecule has 0 spiro atoms. The first-order valence-corrected chi connectivity index (χ1v) is 19.5. The van der Waals surface area contributed by atoms with Crippen molar-refractivity contribution >= 4 is 73.0 Å². The molecule has 0 atom stereocenters. The Kier molecular flexibility index (Phi) is 9.14. The summed E-state index contributed by atoms with van der Waals surface area (Å²) >= 11 is 0. The van der Waals surface area contributed by atoms with Gasteiger partial charge in [-0.1, -0.05) is 97.1 Å². The number of nitrogens with zero attached hydrogens (tertiary/aromatic N) is 5. The van der Waals surface area contributed by atoms with Crippen molar-refractivity contribution in [2.45, 2.75) is 0 Å². The van der Waals surface area contributed by atoms with Gasteiger partial charge >= 0.3 is 0 Å². The molecule has 0 amide bonds. The van der Waals surface area contributed by atoms with Crippen molar-refractivity contribution in [3.05, 3.63) is 237 Å². The van der Waals surface area contributed by atoms with Crippen molar-refractivity contribution in [2.24, 2.45) is 0 Å². The summed E-state index contributed by atoms with van der Waals surface area (Å²) in [7, 11) is 0. The molecule has 0 saturated heterocycles. The predicted molar refractivity (Wildman–Crippen MR) is 243 cm³/mol. The highest BCUT2D eigenvalue weighted by atomic mass is 15.2. The summed E-state index contributed by atoms with van der Waals surface area (Å²) < 4.78 is 2.32. The second-order valence-electron chi connectivity index (χ2n) is 14.1. The zero-order chi connectivity index (χ0) is 38.7. The fraction of sp³-hybridized carbons (Fsp3) is 0. The molecule has 10 rings (SSSR count). The summed E-state index contributed by atoms with van der Waals surface area (Å²) in [5.74, 6) is 0. The lowest BCUT2D eigenvalue weighted by molar-refractivity contribution is 1.15. The molecule has 0 radical (unpaired) electrons. The Morgan fingerprint density at radius 1 is 0.276 bits per heavy atom. The Balaban J connectivity index is 1.07. The van der Waals surface area contributed by atoms with E-state index in [4.69, 9.17) is 0 Å². The molecule has 0 fully saturated rings. The molecule has 0 aliphatic rings. The van der Waals surface area contributed by atoms with Gasteiger partial charge in [0, 0.05) is 80.0 Å². The minimum Gasteiger partial charge on any atom is -0.310 e. The third kappa shape index (κ3) is 6.51. The number of hydrogen-bond donors (Lipinski definition) is 0. The first-order valence-electron chi connectivity index (χ1n) is 19.5. The molecule has 5 heteroatoms. The van der Waals surface area contributed by atoms with Crippen LogP contribution < -0.4 is 14.7 Å². The smallest absolute Gasteiger partial charge is 0.0542 e. The van der Waals surface area contributed by atoms with E-state index < -0.39 is 0 Å². The summed E-state index contributed by atoms with van der Waals surface area (Å²) in [4.78, 5) is 11.3. The molecule has 0 aliphatic heterocycles. The van der Waals surface area contributed by atoms with Crippen LogP contribution in [0.2, 0.25) is 0 Å². The van der Waals surface area contributed by atoms with E-state index in [1.165, 1.54) is 10.8 Å². The third-order valence-corrected chi connectivity index (χ3v) is 10.6. The van der Waals surface area contributed by atoms with E-state index in [0.717, 1.165) is 67.9 Å². The molecule has 0 aliphatic carbocycles. The molecule has 10 aromatic rings. The number of fused-ring (bicyclic) bond motifs is 3. The highest BCUT2D eigenvalue weighted by Gasteiger charge is 2.20. The maximum Gasteiger partial charge on any atom is 0.0542 e.